The largest absolute Gasteiger partial charge is 0.476 e. The fraction of sp³-hybridized carbons (Fsp3) is 0.250. The van der Waals surface area contributed by atoms with Crippen LogP contribution in [0.4, 0.5) is 4.39 Å². The predicted molar refractivity (Wildman–Crippen MR) is 69.6 cm³/mol. The van der Waals surface area contributed by atoms with Gasteiger partial charge in [-0.15, -0.1) is 5.10 Å². The number of rotatable bonds is 4. The first-order valence-corrected chi connectivity index (χ1v) is 6.41. The maximum absolute atomic E-state index is 13.3. The summed E-state index contributed by atoms with van der Waals surface area (Å²) in [7, 11) is 0. The van der Waals surface area contributed by atoms with Crippen molar-refractivity contribution in [2.24, 2.45) is 0 Å². The average Bonchev–Trinajstić information content (AvgIpc) is 2.70. The molecule has 0 atom stereocenters. The number of benzene rings is 1. The van der Waals surface area contributed by atoms with Gasteiger partial charge in [-0.25, -0.2) is 13.9 Å². The van der Waals surface area contributed by atoms with E-state index < -0.39 is 5.97 Å². The molecule has 0 saturated carbocycles. The van der Waals surface area contributed by atoms with Gasteiger partial charge >= 0.3 is 5.97 Å². The molecule has 0 aliphatic heterocycles. The third kappa shape index (κ3) is 2.98. The molecule has 1 aromatic carbocycles. The second kappa shape index (κ2) is 5.48. The fourth-order valence-corrected chi connectivity index (χ4v) is 2.36. The number of carboxylic acids is 1. The van der Waals surface area contributed by atoms with Crippen LogP contribution in [0.15, 0.2) is 22.7 Å². The van der Waals surface area contributed by atoms with Gasteiger partial charge < -0.3 is 5.11 Å². The second-order valence-electron chi connectivity index (χ2n) is 3.98. The zero-order valence-corrected chi connectivity index (χ0v) is 11.7. The number of hydrogen-bond acceptors (Lipinski definition) is 3. The van der Waals surface area contributed by atoms with Gasteiger partial charge in [0.2, 0.25) is 0 Å². The highest BCUT2D eigenvalue weighted by molar-refractivity contribution is 9.10. The average molecular weight is 328 g/mol. The molecule has 0 spiro atoms. The lowest BCUT2D eigenvalue weighted by molar-refractivity contribution is 0.0689. The van der Waals surface area contributed by atoms with Crippen molar-refractivity contribution in [3.8, 4) is 0 Å². The van der Waals surface area contributed by atoms with Crippen LogP contribution in [0.25, 0.3) is 0 Å². The van der Waals surface area contributed by atoms with E-state index in [0.29, 0.717) is 22.2 Å². The summed E-state index contributed by atoms with van der Waals surface area (Å²) in [5.74, 6) is -1.47. The molecule has 0 bridgehead atoms. The lowest BCUT2D eigenvalue weighted by atomic mass is 10.2. The molecule has 2 rings (SSSR count). The van der Waals surface area contributed by atoms with Gasteiger partial charge in [0.1, 0.15) is 5.82 Å². The van der Waals surface area contributed by atoms with Gasteiger partial charge in [-0.2, -0.15) is 0 Å². The van der Waals surface area contributed by atoms with Crippen LogP contribution in [0.1, 0.15) is 28.7 Å². The van der Waals surface area contributed by atoms with Gasteiger partial charge in [0, 0.05) is 4.47 Å². The molecular weight excluding hydrogens is 317 g/mol. The van der Waals surface area contributed by atoms with E-state index in [4.69, 9.17) is 5.11 Å². The van der Waals surface area contributed by atoms with E-state index in [1.165, 1.54) is 16.8 Å². The first kappa shape index (κ1) is 13.7. The molecule has 1 heterocycles. The number of halogens is 2. The van der Waals surface area contributed by atoms with Crippen LogP contribution in [0.5, 0.6) is 0 Å². The first-order valence-electron chi connectivity index (χ1n) is 5.62. The highest BCUT2D eigenvalue weighted by atomic mass is 79.9. The number of aromatic carboxylic acids is 1. The molecule has 1 N–H and O–H groups in total. The van der Waals surface area contributed by atoms with Gasteiger partial charge in [0.15, 0.2) is 5.69 Å². The van der Waals surface area contributed by atoms with Crippen molar-refractivity contribution in [1.29, 1.82) is 0 Å². The van der Waals surface area contributed by atoms with Crippen LogP contribution >= 0.6 is 15.9 Å². The van der Waals surface area contributed by atoms with E-state index in [1.54, 1.807) is 6.07 Å². The summed E-state index contributed by atoms with van der Waals surface area (Å²) in [6.45, 7) is 2.10. The van der Waals surface area contributed by atoms with E-state index in [2.05, 4.69) is 26.2 Å². The van der Waals surface area contributed by atoms with Crippen LogP contribution in [0.2, 0.25) is 0 Å². The third-order valence-corrected chi connectivity index (χ3v) is 3.09. The molecule has 100 valence electrons. The van der Waals surface area contributed by atoms with Crippen LogP contribution < -0.4 is 0 Å². The van der Waals surface area contributed by atoms with Gasteiger partial charge in [-0.1, -0.05) is 28.1 Å². The van der Waals surface area contributed by atoms with Gasteiger partial charge in [-0.3, -0.25) is 0 Å². The summed E-state index contributed by atoms with van der Waals surface area (Å²) >= 11 is 3.21. The van der Waals surface area contributed by atoms with Gasteiger partial charge in [0.05, 0.1) is 12.2 Å². The summed E-state index contributed by atoms with van der Waals surface area (Å²) < 4.78 is 15.4. The fourth-order valence-electron chi connectivity index (χ4n) is 1.85. The lowest BCUT2D eigenvalue weighted by Crippen LogP contribution is -2.08. The van der Waals surface area contributed by atoms with Crippen molar-refractivity contribution in [2.75, 3.05) is 0 Å². The number of hydrogen-bond donors (Lipinski definition) is 1. The summed E-state index contributed by atoms with van der Waals surface area (Å²) in [5.41, 5.74) is 1.15. The van der Waals surface area contributed by atoms with Crippen LogP contribution in [-0.2, 0) is 13.0 Å². The monoisotopic (exact) mass is 327 g/mol. The summed E-state index contributed by atoms with van der Waals surface area (Å²) in [6, 6.07) is 4.49. The van der Waals surface area contributed by atoms with E-state index in [9.17, 15) is 9.18 Å². The Kier molecular flexibility index (Phi) is 3.94. The van der Waals surface area contributed by atoms with Crippen molar-refractivity contribution < 1.29 is 14.3 Å². The Hall–Kier alpha value is -1.76. The Morgan fingerprint density at radius 2 is 2.21 bits per heavy atom. The zero-order chi connectivity index (χ0) is 14.0. The minimum Gasteiger partial charge on any atom is -0.476 e. The Balaban J connectivity index is 2.35. The number of aromatic nitrogens is 3. The van der Waals surface area contributed by atoms with Crippen LogP contribution in [0.3, 0.4) is 0 Å². The molecule has 19 heavy (non-hydrogen) atoms. The van der Waals surface area contributed by atoms with E-state index in [0.717, 1.165) is 0 Å². The Morgan fingerprint density at radius 3 is 2.79 bits per heavy atom. The van der Waals surface area contributed by atoms with Crippen molar-refractivity contribution >= 4 is 21.9 Å². The summed E-state index contributed by atoms with van der Waals surface area (Å²) in [5, 5.41) is 16.4. The van der Waals surface area contributed by atoms with Crippen molar-refractivity contribution in [3.05, 3.63) is 45.4 Å². The molecule has 5 nitrogen and oxygen atoms in total. The molecule has 0 aliphatic rings. The standard InChI is InChI=1S/C12H11BrFN3O2/c1-2-10-11(12(18)19)15-16-17(10)6-7-3-8(13)5-9(14)4-7/h3-5H,2,6H2,1H3,(H,18,19). The molecule has 0 aliphatic carbocycles. The minimum atomic E-state index is -1.11. The Morgan fingerprint density at radius 1 is 1.47 bits per heavy atom. The molecular formula is C12H11BrFN3O2. The van der Waals surface area contributed by atoms with E-state index in [1.807, 2.05) is 6.92 Å². The maximum Gasteiger partial charge on any atom is 0.358 e. The Bertz CT molecular complexity index is 607. The quantitative estimate of drug-likeness (QED) is 0.936. The van der Waals surface area contributed by atoms with Gasteiger partial charge in [-0.05, 0) is 30.2 Å². The molecule has 7 heteroatoms. The van der Waals surface area contributed by atoms with Crippen LogP contribution in [0, 0.1) is 5.82 Å². The minimum absolute atomic E-state index is 0.0574. The molecule has 0 unspecified atom stereocenters. The number of nitrogens with zero attached hydrogens (tertiary/aromatic N) is 3. The molecule has 1 aromatic heterocycles. The molecule has 0 fully saturated rings. The highest BCUT2D eigenvalue weighted by Crippen LogP contribution is 2.17. The van der Waals surface area contributed by atoms with E-state index >= 15 is 0 Å². The summed E-state index contributed by atoms with van der Waals surface area (Å²) in [6.07, 6.45) is 0.491. The smallest absolute Gasteiger partial charge is 0.358 e. The molecule has 2 aromatic rings. The maximum atomic E-state index is 13.3. The summed E-state index contributed by atoms with van der Waals surface area (Å²) in [4.78, 5) is 11.0. The SMILES string of the molecule is CCc1c(C(=O)O)nnn1Cc1cc(F)cc(Br)c1. The van der Waals surface area contributed by atoms with Crippen LogP contribution in [-0.4, -0.2) is 26.1 Å². The van der Waals surface area contributed by atoms with Crippen molar-refractivity contribution in [3.63, 3.8) is 0 Å². The topological polar surface area (TPSA) is 68.0 Å². The third-order valence-electron chi connectivity index (χ3n) is 2.63. The van der Waals surface area contributed by atoms with Crippen molar-refractivity contribution in [2.45, 2.75) is 19.9 Å². The number of carbonyl (C=O) groups is 1. The highest BCUT2D eigenvalue weighted by Gasteiger charge is 2.17. The zero-order valence-electron chi connectivity index (χ0n) is 10.1. The van der Waals surface area contributed by atoms with E-state index in [-0.39, 0.29) is 18.1 Å². The van der Waals surface area contributed by atoms with Crippen molar-refractivity contribution in [1.82, 2.24) is 15.0 Å². The first-order chi connectivity index (χ1) is 9.01. The lowest BCUT2D eigenvalue weighted by Gasteiger charge is -2.06. The van der Waals surface area contributed by atoms with Gasteiger partial charge in [0.25, 0.3) is 0 Å². The number of carboxylic acid groups (broad SMARTS) is 1. The molecule has 0 amide bonds. The molecule has 0 saturated heterocycles. The molecule has 0 radical (unpaired) electrons. The second-order valence-corrected chi connectivity index (χ2v) is 4.89. The predicted octanol–water partition coefficient (Wildman–Crippen LogP) is 2.49. The normalized spacial score (nSPS) is 10.7. The Labute approximate surface area is 117 Å².